The normalized spacial score (nSPS) is 17.3. The molecule has 0 unspecified atom stereocenters. The van der Waals surface area contributed by atoms with E-state index in [1.807, 2.05) is 24.3 Å². The predicted octanol–water partition coefficient (Wildman–Crippen LogP) is 7.46. The van der Waals surface area contributed by atoms with E-state index in [1.54, 1.807) is 11.3 Å². The maximum absolute atomic E-state index is 6.33. The van der Waals surface area contributed by atoms with E-state index in [4.69, 9.17) is 14.7 Å². The Bertz CT molecular complexity index is 1140. The third-order valence-corrected chi connectivity index (χ3v) is 7.53. The molecule has 1 heterocycles. The summed E-state index contributed by atoms with van der Waals surface area (Å²) in [4.78, 5) is 9.96. The molecule has 2 aliphatic carbocycles. The number of aromatic nitrogens is 1. The Kier molecular flexibility index (Phi) is 7.14. The van der Waals surface area contributed by atoms with Crippen LogP contribution in [0.25, 0.3) is 11.3 Å². The molecule has 0 aliphatic heterocycles. The van der Waals surface area contributed by atoms with Crippen LogP contribution < -0.4 is 15.4 Å². The molecule has 1 aromatic heterocycles. The van der Waals surface area contributed by atoms with Crippen molar-refractivity contribution < 1.29 is 4.74 Å². The zero-order chi connectivity index (χ0) is 23.3. The number of hydrogen-bond donors (Lipinski definition) is 2. The van der Waals surface area contributed by atoms with Gasteiger partial charge in [-0.1, -0.05) is 55.5 Å². The summed E-state index contributed by atoms with van der Waals surface area (Å²) >= 11 is 1.61. The summed E-state index contributed by atoms with van der Waals surface area (Å²) in [5, 5.41) is 10.1. The molecule has 0 amide bonds. The molecule has 2 aliphatic rings. The molecule has 6 heteroatoms. The van der Waals surface area contributed by atoms with Gasteiger partial charge in [0, 0.05) is 17.0 Å². The van der Waals surface area contributed by atoms with E-state index in [2.05, 4.69) is 48.1 Å². The first-order valence-electron chi connectivity index (χ1n) is 12.6. The van der Waals surface area contributed by atoms with Crippen molar-refractivity contribution in [1.82, 2.24) is 10.3 Å². The lowest BCUT2D eigenvalue weighted by molar-refractivity contribution is 0.480. The van der Waals surface area contributed by atoms with Crippen LogP contribution in [0.3, 0.4) is 0 Å². The molecule has 5 nitrogen and oxygen atoms in total. The van der Waals surface area contributed by atoms with Crippen molar-refractivity contribution >= 4 is 22.4 Å². The first-order chi connectivity index (χ1) is 16.6. The van der Waals surface area contributed by atoms with Crippen LogP contribution in [0.4, 0.5) is 5.13 Å². The number of aryl methyl sites for hydroxylation is 2. The van der Waals surface area contributed by atoms with Crippen LogP contribution in [0.1, 0.15) is 62.5 Å². The van der Waals surface area contributed by atoms with E-state index in [0.717, 1.165) is 39.4 Å². The topological polar surface area (TPSA) is 58.5 Å². The Morgan fingerprint density at radius 1 is 0.971 bits per heavy atom. The van der Waals surface area contributed by atoms with Gasteiger partial charge in [-0.2, -0.15) is 0 Å². The van der Waals surface area contributed by atoms with Crippen LogP contribution in [0, 0.1) is 13.8 Å². The summed E-state index contributed by atoms with van der Waals surface area (Å²) in [6.07, 6.45) is 9.97. The molecule has 2 fully saturated rings. The smallest absolute Gasteiger partial charge is 0.198 e. The van der Waals surface area contributed by atoms with Crippen LogP contribution >= 0.6 is 11.3 Å². The molecule has 0 bridgehead atoms. The number of aliphatic imine (C=N–C) groups is 1. The van der Waals surface area contributed by atoms with Crippen LogP contribution in [-0.4, -0.2) is 23.0 Å². The SMILES string of the molecule is Cc1ccc(Oc2ccccc2-c2csc(NC(=NC3CCCC3)NC3CCCC3)n2)c(C)c1. The van der Waals surface area contributed by atoms with Gasteiger partial charge in [-0.15, -0.1) is 11.3 Å². The minimum Gasteiger partial charge on any atom is -0.456 e. The van der Waals surface area contributed by atoms with E-state index in [0.29, 0.717) is 12.1 Å². The molecular weight excluding hydrogens is 440 g/mol. The Morgan fingerprint density at radius 2 is 1.74 bits per heavy atom. The van der Waals surface area contributed by atoms with Crippen molar-refractivity contribution in [3.63, 3.8) is 0 Å². The average Bonchev–Trinajstić information content (AvgIpc) is 3.60. The second-order valence-corrected chi connectivity index (χ2v) is 10.4. The molecule has 2 aromatic carbocycles. The van der Waals surface area contributed by atoms with E-state index in [-0.39, 0.29) is 0 Å². The maximum atomic E-state index is 6.33. The van der Waals surface area contributed by atoms with Crippen LogP contribution in [-0.2, 0) is 0 Å². The van der Waals surface area contributed by atoms with E-state index < -0.39 is 0 Å². The van der Waals surface area contributed by atoms with Crippen molar-refractivity contribution in [2.24, 2.45) is 4.99 Å². The molecule has 0 radical (unpaired) electrons. The number of thiazole rings is 1. The number of rotatable bonds is 6. The number of nitrogens with zero attached hydrogens (tertiary/aromatic N) is 2. The third-order valence-electron chi connectivity index (χ3n) is 6.78. The number of ether oxygens (including phenoxy) is 1. The minimum atomic E-state index is 0.419. The summed E-state index contributed by atoms with van der Waals surface area (Å²) in [5.41, 5.74) is 4.26. The molecule has 178 valence electrons. The molecule has 2 N–H and O–H groups in total. The highest BCUT2D eigenvalue weighted by Crippen LogP contribution is 2.36. The standard InChI is InChI=1S/C28H34N4OS/c1-19-15-16-25(20(2)17-19)33-26-14-8-7-13-23(26)24-18-34-28(31-24)32-27(29-21-9-3-4-10-21)30-22-11-5-6-12-22/h7-8,13-18,21-22H,3-6,9-12H2,1-2H3,(H2,29,30,31,32). The molecule has 0 saturated heterocycles. The highest BCUT2D eigenvalue weighted by atomic mass is 32.1. The Hall–Kier alpha value is -2.86. The fraction of sp³-hybridized carbons (Fsp3) is 0.429. The Labute approximate surface area is 206 Å². The summed E-state index contributed by atoms with van der Waals surface area (Å²) < 4.78 is 6.33. The van der Waals surface area contributed by atoms with E-state index >= 15 is 0 Å². The first kappa shape index (κ1) is 22.9. The number of para-hydroxylation sites is 1. The van der Waals surface area contributed by atoms with Gasteiger partial charge in [-0.05, 0) is 63.3 Å². The number of benzene rings is 2. The van der Waals surface area contributed by atoms with Crippen molar-refractivity contribution in [2.45, 2.75) is 77.3 Å². The Morgan fingerprint density at radius 3 is 2.53 bits per heavy atom. The number of nitrogens with one attached hydrogen (secondary N) is 2. The molecule has 2 saturated carbocycles. The summed E-state index contributed by atoms with van der Waals surface area (Å²) in [7, 11) is 0. The predicted molar refractivity (Wildman–Crippen MR) is 142 cm³/mol. The second kappa shape index (κ2) is 10.6. The fourth-order valence-corrected chi connectivity index (χ4v) is 5.65. The van der Waals surface area contributed by atoms with Crippen molar-refractivity contribution in [2.75, 3.05) is 5.32 Å². The largest absolute Gasteiger partial charge is 0.456 e. The highest BCUT2D eigenvalue weighted by Gasteiger charge is 2.20. The minimum absolute atomic E-state index is 0.419. The molecule has 3 aromatic rings. The van der Waals surface area contributed by atoms with Gasteiger partial charge in [0.15, 0.2) is 11.1 Å². The van der Waals surface area contributed by atoms with Crippen LogP contribution in [0.5, 0.6) is 11.5 Å². The van der Waals surface area contributed by atoms with Crippen LogP contribution in [0.15, 0.2) is 52.8 Å². The number of guanidine groups is 1. The van der Waals surface area contributed by atoms with Gasteiger partial charge in [0.2, 0.25) is 0 Å². The van der Waals surface area contributed by atoms with Crippen LogP contribution in [0.2, 0.25) is 0 Å². The van der Waals surface area contributed by atoms with Gasteiger partial charge in [-0.25, -0.2) is 9.98 Å². The van der Waals surface area contributed by atoms with Crippen molar-refractivity contribution in [3.05, 3.63) is 59.0 Å². The zero-order valence-electron chi connectivity index (χ0n) is 20.1. The van der Waals surface area contributed by atoms with Gasteiger partial charge < -0.3 is 15.4 Å². The fourth-order valence-electron chi connectivity index (χ4n) is 4.94. The Balaban J connectivity index is 1.35. The van der Waals surface area contributed by atoms with Crippen molar-refractivity contribution in [1.29, 1.82) is 0 Å². The third kappa shape index (κ3) is 5.61. The molecule has 0 spiro atoms. The average molecular weight is 475 g/mol. The molecule has 0 atom stereocenters. The van der Waals surface area contributed by atoms with Gasteiger partial charge in [0.1, 0.15) is 11.5 Å². The second-order valence-electron chi connectivity index (χ2n) is 9.57. The molecule has 5 rings (SSSR count). The summed E-state index contributed by atoms with van der Waals surface area (Å²) in [6, 6.07) is 15.3. The summed E-state index contributed by atoms with van der Waals surface area (Å²) in [5.74, 6) is 2.58. The lowest BCUT2D eigenvalue weighted by Crippen LogP contribution is -2.38. The molecule has 34 heavy (non-hydrogen) atoms. The molecular formula is C28H34N4OS. The van der Waals surface area contributed by atoms with Gasteiger partial charge in [0.25, 0.3) is 0 Å². The summed E-state index contributed by atoms with van der Waals surface area (Å²) in [6.45, 7) is 4.18. The highest BCUT2D eigenvalue weighted by molar-refractivity contribution is 7.14. The van der Waals surface area contributed by atoms with Gasteiger partial charge >= 0.3 is 0 Å². The lowest BCUT2D eigenvalue weighted by Gasteiger charge is -2.17. The van der Waals surface area contributed by atoms with Gasteiger partial charge in [0.05, 0.1) is 11.7 Å². The maximum Gasteiger partial charge on any atom is 0.198 e. The van der Waals surface area contributed by atoms with Gasteiger partial charge in [-0.3, -0.25) is 0 Å². The number of anilines is 1. The first-order valence-corrected chi connectivity index (χ1v) is 13.4. The van der Waals surface area contributed by atoms with E-state index in [9.17, 15) is 0 Å². The van der Waals surface area contributed by atoms with Crippen molar-refractivity contribution in [3.8, 4) is 22.8 Å². The monoisotopic (exact) mass is 474 g/mol. The number of hydrogen-bond acceptors (Lipinski definition) is 4. The quantitative estimate of drug-likeness (QED) is 0.287. The lowest BCUT2D eigenvalue weighted by atomic mass is 10.1. The van der Waals surface area contributed by atoms with E-state index in [1.165, 1.54) is 56.9 Å². The zero-order valence-corrected chi connectivity index (χ0v) is 21.0.